The maximum Gasteiger partial charge on any atom is 0.234 e. The molecule has 4 unspecified atom stereocenters. The van der Waals surface area contributed by atoms with Crippen molar-refractivity contribution in [1.29, 1.82) is 0 Å². The first-order valence-electron chi connectivity index (χ1n) is 12.8. The lowest BCUT2D eigenvalue weighted by molar-refractivity contribution is -0.508. The number of likely N-dealkylation sites (tertiary alicyclic amines) is 1. The van der Waals surface area contributed by atoms with E-state index >= 15 is 0 Å². The van der Waals surface area contributed by atoms with Crippen LogP contribution in [0.2, 0.25) is 0 Å². The van der Waals surface area contributed by atoms with E-state index in [9.17, 15) is 24.7 Å². The molecule has 11 heteroatoms. The fourth-order valence-corrected chi connectivity index (χ4v) is 3.78. The van der Waals surface area contributed by atoms with E-state index in [2.05, 4.69) is 35.5 Å². The van der Waals surface area contributed by atoms with Gasteiger partial charge in [0.25, 0.3) is 0 Å². The molecule has 1 aliphatic rings. The van der Waals surface area contributed by atoms with Crippen LogP contribution in [0.4, 0.5) is 4.39 Å². The molecule has 0 bridgehead atoms. The van der Waals surface area contributed by atoms with Gasteiger partial charge in [-0.1, -0.05) is 31.3 Å². The molecule has 10 nitrogen and oxygen atoms in total. The predicted octanol–water partition coefficient (Wildman–Crippen LogP) is 2.66. The van der Waals surface area contributed by atoms with Crippen LogP contribution in [0.1, 0.15) is 27.2 Å². The Morgan fingerprint density at radius 1 is 1.50 bits per heavy atom. The van der Waals surface area contributed by atoms with Gasteiger partial charge in [-0.05, 0) is 51.2 Å². The summed E-state index contributed by atoms with van der Waals surface area (Å²) in [5.41, 5.74) is 2.35. The summed E-state index contributed by atoms with van der Waals surface area (Å²) in [5, 5.41) is 39.1. The monoisotopic (exact) mass is 537 g/mol. The molecule has 0 aliphatic carbocycles. The number of nitrogens with zero attached hydrogens (tertiary/aromatic N) is 4. The van der Waals surface area contributed by atoms with Crippen molar-refractivity contribution in [3.63, 3.8) is 0 Å². The van der Waals surface area contributed by atoms with Gasteiger partial charge in [0.05, 0.1) is 18.9 Å². The van der Waals surface area contributed by atoms with Crippen molar-refractivity contribution in [1.82, 2.24) is 15.1 Å². The van der Waals surface area contributed by atoms with Crippen LogP contribution in [0.3, 0.4) is 0 Å². The predicted molar refractivity (Wildman–Crippen MR) is 149 cm³/mol. The zero-order valence-electron chi connectivity index (χ0n) is 23.1. The maximum atomic E-state index is 13.5. The Morgan fingerprint density at radius 2 is 2.21 bits per heavy atom. The molecule has 0 aromatic carbocycles. The zero-order chi connectivity index (χ0) is 28.7. The summed E-state index contributed by atoms with van der Waals surface area (Å²) in [6.45, 7) is 15.2. The van der Waals surface area contributed by atoms with E-state index in [4.69, 9.17) is 4.84 Å². The minimum absolute atomic E-state index is 0.120. The van der Waals surface area contributed by atoms with Crippen LogP contribution in [0.25, 0.3) is 0 Å². The van der Waals surface area contributed by atoms with E-state index in [1.165, 1.54) is 18.4 Å². The fraction of sp³-hybridized carbons (Fsp3) is 0.593. The first-order valence-corrected chi connectivity index (χ1v) is 12.8. The van der Waals surface area contributed by atoms with Crippen LogP contribution >= 0.6 is 0 Å². The van der Waals surface area contributed by atoms with Gasteiger partial charge < -0.3 is 30.2 Å². The number of hydrogen-bond acceptors (Lipinski definition) is 9. The molecule has 1 rings (SSSR count). The fourth-order valence-electron chi connectivity index (χ4n) is 3.78. The van der Waals surface area contributed by atoms with Crippen LogP contribution in [-0.2, 0) is 4.84 Å². The van der Waals surface area contributed by atoms with Crippen molar-refractivity contribution in [3.8, 4) is 0 Å². The number of aliphatic hydroxyl groups excluding tert-OH is 2. The molecule has 0 spiro atoms. The number of nitro groups is 1. The van der Waals surface area contributed by atoms with Crippen LogP contribution in [0.15, 0.2) is 65.2 Å². The molecule has 1 saturated heterocycles. The second-order valence-electron chi connectivity index (χ2n) is 9.39. The summed E-state index contributed by atoms with van der Waals surface area (Å²) < 4.78 is 13.5. The molecular formula is C27H44FN5O5. The third-order valence-electron chi connectivity index (χ3n) is 6.40. The topological polar surface area (TPSA) is 124 Å². The first kappa shape index (κ1) is 33.0. The summed E-state index contributed by atoms with van der Waals surface area (Å²) in [6, 6.07) is -1.17. The number of rotatable bonds is 17. The van der Waals surface area contributed by atoms with E-state index in [1.807, 2.05) is 18.9 Å². The molecule has 0 aromatic rings. The third kappa shape index (κ3) is 10.8. The molecule has 4 atom stereocenters. The van der Waals surface area contributed by atoms with Crippen LogP contribution in [0.5, 0.6) is 0 Å². The van der Waals surface area contributed by atoms with Gasteiger partial charge in [-0.15, -0.1) is 0 Å². The summed E-state index contributed by atoms with van der Waals surface area (Å²) in [6.07, 6.45) is 6.70. The zero-order valence-corrected chi connectivity index (χ0v) is 23.1. The average Bonchev–Trinajstić information content (AvgIpc) is 2.89. The number of aliphatic hydroxyl groups is 2. The average molecular weight is 538 g/mol. The highest BCUT2D eigenvalue weighted by molar-refractivity contribution is 5.64. The lowest BCUT2D eigenvalue weighted by Crippen LogP contribution is -2.49. The van der Waals surface area contributed by atoms with Crippen molar-refractivity contribution in [3.05, 3.63) is 70.1 Å². The second kappa shape index (κ2) is 17.5. The highest BCUT2D eigenvalue weighted by Crippen LogP contribution is 2.32. The second-order valence-corrected chi connectivity index (χ2v) is 9.39. The Labute approximate surface area is 225 Å². The molecule has 1 heterocycles. The number of likely N-dealkylation sites (N-methyl/N-ethyl adjacent to an activating group) is 1. The molecule has 1 fully saturated rings. The van der Waals surface area contributed by atoms with E-state index < -0.39 is 29.7 Å². The largest absolute Gasteiger partial charge is 0.394 e. The summed E-state index contributed by atoms with van der Waals surface area (Å²) >= 11 is 0. The number of oxime groups is 1. The Morgan fingerprint density at radius 3 is 2.79 bits per heavy atom. The Balaban J connectivity index is 2.99. The van der Waals surface area contributed by atoms with E-state index in [0.29, 0.717) is 30.1 Å². The highest BCUT2D eigenvalue weighted by atomic mass is 19.1. The lowest BCUT2D eigenvalue weighted by atomic mass is 9.87. The first-order chi connectivity index (χ1) is 18.1. The molecule has 0 saturated carbocycles. The molecule has 214 valence electrons. The normalized spacial score (nSPS) is 22.2. The minimum atomic E-state index is -1.05. The number of allylic oxidation sites excluding steroid dienone is 2. The molecule has 0 radical (unpaired) electrons. The van der Waals surface area contributed by atoms with E-state index in [1.54, 1.807) is 19.1 Å². The maximum absolute atomic E-state index is 13.5. The summed E-state index contributed by atoms with van der Waals surface area (Å²) in [4.78, 5) is 19.9. The SMILES string of the molecule is C=CC(C/C=C(\C)CO/N=C/C1CN(C(C)CO)C(=C/C(=C)NCCN(C)CC)/C(=C\CF)C1O)[N+](=O)[O-]. The van der Waals surface area contributed by atoms with Gasteiger partial charge >= 0.3 is 0 Å². The number of nitrogens with one attached hydrogen (secondary N) is 1. The number of hydrogen-bond donors (Lipinski definition) is 3. The number of halogens is 1. The van der Waals surface area contributed by atoms with Crippen molar-refractivity contribution in [2.45, 2.75) is 45.4 Å². The van der Waals surface area contributed by atoms with Crippen LogP contribution < -0.4 is 5.32 Å². The smallest absolute Gasteiger partial charge is 0.234 e. The molecule has 3 N–H and O–H groups in total. The van der Waals surface area contributed by atoms with Crippen molar-refractivity contribution < 1.29 is 24.4 Å². The van der Waals surface area contributed by atoms with Gasteiger partial charge in [0.2, 0.25) is 6.04 Å². The molecule has 38 heavy (non-hydrogen) atoms. The van der Waals surface area contributed by atoms with Crippen molar-refractivity contribution in [2.75, 3.05) is 53.1 Å². The van der Waals surface area contributed by atoms with E-state index in [-0.39, 0.29) is 25.7 Å². The van der Waals surface area contributed by atoms with Gasteiger partial charge in [0.1, 0.15) is 13.3 Å². The Hall–Kier alpha value is -3.02. The van der Waals surface area contributed by atoms with Crippen molar-refractivity contribution >= 4 is 6.21 Å². The Bertz CT molecular complexity index is 904. The van der Waals surface area contributed by atoms with Gasteiger partial charge in [-0.25, -0.2) is 4.39 Å². The Kier molecular flexibility index (Phi) is 15.2. The summed E-state index contributed by atoms with van der Waals surface area (Å²) in [7, 11) is 2.02. The minimum Gasteiger partial charge on any atom is -0.394 e. The van der Waals surface area contributed by atoms with Gasteiger partial charge in [-0.2, -0.15) is 0 Å². The molecule has 0 aromatic heterocycles. The third-order valence-corrected chi connectivity index (χ3v) is 6.40. The van der Waals surface area contributed by atoms with Crippen LogP contribution in [0, 0.1) is 16.0 Å². The van der Waals surface area contributed by atoms with Crippen molar-refractivity contribution in [2.24, 2.45) is 11.1 Å². The number of alkyl halides is 1. The van der Waals surface area contributed by atoms with Gasteiger partial charge in [0, 0.05) is 59.9 Å². The van der Waals surface area contributed by atoms with Gasteiger partial charge in [0.15, 0.2) is 0 Å². The standard InChI is InChI=1S/C27H44FN5O5/c1-7-24(33(36)37)10-9-20(3)19-38-30-16-23-17-32(22(5)18-34)26(25(11-12-28)27(23)35)15-21(4)29-13-14-31(6)8-2/h7,9,11,15-16,22-24,27,29,34-35H,1,4,8,10,12-14,17-19H2,2-3,5-6H3/b20-9+,25-11+,26-15+,30-16+. The van der Waals surface area contributed by atoms with Crippen LogP contribution in [-0.4, -0.2) is 102 Å². The molecule has 0 amide bonds. The number of piperidine rings is 1. The highest BCUT2D eigenvalue weighted by Gasteiger charge is 2.36. The lowest BCUT2D eigenvalue weighted by Gasteiger charge is -2.43. The van der Waals surface area contributed by atoms with Gasteiger partial charge in [-0.3, -0.25) is 10.1 Å². The molecular weight excluding hydrogens is 493 g/mol. The summed E-state index contributed by atoms with van der Waals surface area (Å²) in [5.74, 6) is -0.526. The van der Waals surface area contributed by atoms with E-state index in [0.717, 1.165) is 18.7 Å². The molecule has 1 aliphatic heterocycles. The quantitative estimate of drug-likeness (QED) is 0.112.